The van der Waals surface area contributed by atoms with E-state index in [4.69, 9.17) is 10.00 Å². The molecule has 1 N–H and O–H groups in total. The molecule has 2 amide bonds. The average Bonchev–Trinajstić information content (AvgIpc) is 3.15. The molecular formula is C20H19N3O4S. The number of nitrogens with zero attached hydrogens (tertiary/aromatic N) is 2. The van der Waals surface area contributed by atoms with Gasteiger partial charge in [0.25, 0.3) is 5.91 Å². The van der Waals surface area contributed by atoms with Crippen molar-refractivity contribution in [2.75, 3.05) is 16.8 Å². The smallest absolute Gasteiger partial charge is 0.338 e. The van der Waals surface area contributed by atoms with Gasteiger partial charge < -0.3 is 15.0 Å². The number of benzene rings is 1. The third-order valence-electron chi connectivity index (χ3n) is 4.41. The van der Waals surface area contributed by atoms with E-state index in [2.05, 4.69) is 5.32 Å². The number of nitriles is 1. The lowest BCUT2D eigenvalue weighted by Gasteiger charge is -2.26. The Morgan fingerprint density at radius 1 is 1.25 bits per heavy atom. The first-order valence-electron chi connectivity index (χ1n) is 8.89. The highest BCUT2D eigenvalue weighted by atomic mass is 32.1. The summed E-state index contributed by atoms with van der Waals surface area (Å²) in [7, 11) is 0. The van der Waals surface area contributed by atoms with E-state index in [9.17, 15) is 14.4 Å². The Labute approximate surface area is 166 Å². The number of ether oxygens (including phenoxy) is 1. The molecule has 0 saturated carbocycles. The first-order chi connectivity index (χ1) is 13.5. The van der Waals surface area contributed by atoms with Crippen LogP contribution in [0, 0.1) is 11.3 Å². The lowest BCUT2D eigenvalue weighted by molar-refractivity contribution is -0.123. The van der Waals surface area contributed by atoms with E-state index in [1.807, 2.05) is 6.07 Å². The summed E-state index contributed by atoms with van der Waals surface area (Å²) < 4.78 is 5.22. The van der Waals surface area contributed by atoms with Crippen LogP contribution in [0.25, 0.3) is 0 Å². The van der Waals surface area contributed by atoms with Gasteiger partial charge in [-0.25, -0.2) is 4.79 Å². The molecule has 1 aromatic heterocycles. The van der Waals surface area contributed by atoms with Crippen molar-refractivity contribution < 1.29 is 19.1 Å². The fourth-order valence-electron chi connectivity index (χ4n) is 2.85. The van der Waals surface area contributed by atoms with Crippen molar-refractivity contribution in [1.82, 2.24) is 0 Å². The maximum atomic E-state index is 12.3. The molecule has 144 valence electrons. The van der Waals surface area contributed by atoms with Crippen molar-refractivity contribution in [3.8, 4) is 6.07 Å². The number of hydrogen-bond donors (Lipinski definition) is 1. The van der Waals surface area contributed by atoms with Crippen LogP contribution in [0.3, 0.4) is 0 Å². The second kappa shape index (κ2) is 8.67. The van der Waals surface area contributed by atoms with Crippen LogP contribution in [-0.4, -0.2) is 30.4 Å². The Balaban J connectivity index is 1.60. The molecule has 1 fully saturated rings. The summed E-state index contributed by atoms with van der Waals surface area (Å²) in [5.41, 5.74) is 1.40. The largest absolute Gasteiger partial charge is 0.449 e. The zero-order valence-corrected chi connectivity index (χ0v) is 16.1. The van der Waals surface area contributed by atoms with E-state index in [0.717, 1.165) is 18.5 Å². The number of anilines is 2. The maximum absolute atomic E-state index is 12.3. The fourth-order valence-corrected chi connectivity index (χ4v) is 3.59. The van der Waals surface area contributed by atoms with Gasteiger partial charge in [0.15, 0.2) is 6.10 Å². The number of carbonyl (C=O) groups is 3. The zero-order valence-electron chi connectivity index (χ0n) is 15.3. The van der Waals surface area contributed by atoms with Gasteiger partial charge in [0.1, 0.15) is 11.1 Å². The summed E-state index contributed by atoms with van der Waals surface area (Å²) in [5, 5.41) is 13.7. The molecule has 0 aliphatic carbocycles. The summed E-state index contributed by atoms with van der Waals surface area (Å²) in [6.45, 7) is 2.14. The molecule has 3 rings (SSSR count). The zero-order chi connectivity index (χ0) is 20.1. The summed E-state index contributed by atoms with van der Waals surface area (Å²) in [6.07, 6.45) is 1.37. The van der Waals surface area contributed by atoms with Crippen molar-refractivity contribution in [1.29, 1.82) is 5.26 Å². The van der Waals surface area contributed by atoms with Gasteiger partial charge in [0.05, 0.1) is 11.1 Å². The predicted octanol–water partition coefficient (Wildman–Crippen LogP) is 3.32. The monoisotopic (exact) mass is 397 g/mol. The number of thiophene rings is 1. The minimum atomic E-state index is -1.02. The van der Waals surface area contributed by atoms with Crippen LogP contribution in [0.4, 0.5) is 10.7 Å². The summed E-state index contributed by atoms with van der Waals surface area (Å²) in [4.78, 5) is 38.2. The van der Waals surface area contributed by atoms with E-state index >= 15 is 0 Å². The van der Waals surface area contributed by atoms with E-state index < -0.39 is 18.0 Å². The van der Waals surface area contributed by atoms with Crippen LogP contribution in [-0.2, 0) is 14.3 Å². The number of amides is 2. The van der Waals surface area contributed by atoms with E-state index in [0.29, 0.717) is 29.1 Å². The van der Waals surface area contributed by atoms with Gasteiger partial charge in [0, 0.05) is 18.7 Å². The van der Waals surface area contributed by atoms with Crippen molar-refractivity contribution in [3.05, 3.63) is 46.8 Å². The van der Waals surface area contributed by atoms with Gasteiger partial charge in [0.2, 0.25) is 5.91 Å². The van der Waals surface area contributed by atoms with Crippen LogP contribution < -0.4 is 10.2 Å². The molecule has 2 aromatic rings. The minimum Gasteiger partial charge on any atom is -0.449 e. The fraction of sp³-hybridized carbons (Fsp3) is 0.300. The lowest BCUT2D eigenvalue weighted by Crippen LogP contribution is -2.35. The first kappa shape index (κ1) is 19.6. The molecule has 1 atom stereocenters. The van der Waals surface area contributed by atoms with Crippen LogP contribution in [0.1, 0.15) is 42.1 Å². The average molecular weight is 397 g/mol. The molecule has 1 aromatic carbocycles. The Bertz CT molecular complexity index is 930. The highest BCUT2D eigenvalue weighted by Crippen LogP contribution is 2.23. The summed E-state index contributed by atoms with van der Waals surface area (Å²) >= 11 is 1.22. The molecule has 1 saturated heterocycles. The second-order valence-corrected chi connectivity index (χ2v) is 7.28. The number of hydrogen-bond acceptors (Lipinski definition) is 6. The molecule has 8 heteroatoms. The van der Waals surface area contributed by atoms with E-state index in [1.165, 1.54) is 18.3 Å². The predicted molar refractivity (Wildman–Crippen MR) is 105 cm³/mol. The molecule has 2 heterocycles. The van der Waals surface area contributed by atoms with Gasteiger partial charge in [-0.1, -0.05) is 0 Å². The van der Waals surface area contributed by atoms with Gasteiger partial charge >= 0.3 is 5.97 Å². The van der Waals surface area contributed by atoms with Crippen molar-refractivity contribution in [3.63, 3.8) is 0 Å². The highest BCUT2D eigenvalue weighted by Gasteiger charge is 2.22. The molecule has 7 nitrogen and oxygen atoms in total. The van der Waals surface area contributed by atoms with Crippen molar-refractivity contribution >= 4 is 39.8 Å². The number of nitrogens with one attached hydrogen (secondary N) is 1. The van der Waals surface area contributed by atoms with Gasteiger partial charge in [-0.15, -0.1) is 11.3 Å². The van der Waals surface area contributed by atoms with Crippen LogP contribution in [0.5, 0.6) is 0 Å². The minimum absolute atomic E-state index is 0.0807. The molecule has 1 aliphatic rings. The van der Waals surface area contributed by atoms with Crippen LogP contribution in [0.15, 0.2) is 35.7 Å². The SMILES string of the molecule is C[C@H](OC(=O)c1ccc(N2CCCCC2=O)cc1)C(=O)Nc1sccc1C#N. The number of rotatable bonds is 5. The lowest BCUT2D eigenvalue weighted by atomic mass is 10.1. The Hall–Kier alpha value is -3.18. The third-order valence-corrected chi connectivity index (χ3v) is 5.24. The Kier molecular flexibility index (Phi) is 6.06. The molecular weight excluding hydrogens is 378 g/mol. The van der Waals surface area contributed by atoms with Gasteiger partial charge in [-0.3, -0.25) is 9.59 Å². The molecule has 1 aliphatic heterocycles. The van der Waals surface area contributed by atoms with E-state index in [-0.39, 0.29) is 5.91 Å². The third kappa shape index (κ3) is 4.38. The van der Waals surface area contributed by atoms with Crippen molar-refractivity contribution in [2.24, 2.45) is 0 Å². The van der Waals surface area contributed by atoms with Crippen LogP contribution in [0.2, 0.25) is 0 Å². The van der Waals surface area contributed by atoms with E-state index in [1.54, 1.807) is 40.6 Å². The Morgan fingerprint density at radius 2 is 2.00 bits per heavy atom. The van der Waals surface area contributed by atoms with Gasteiger partial charge in [-0.2, -0.15) is 5.26 Å². The molecule has 0 bridgehead atoms. The quantitative estimate of drug-likeness (QED) is 0.780. The molecule has 0 spiro atoms. The first-order valence-corrected chi connectivity index (χ1v) is 9.77. The summed E-state index contributed by atoms with van der Waals surface area (Å²) in [6, 6.07) is 10.2. The number of piperidine rings is 1. The standard InChI is InChI=1S/C20H19N3O4S/c1-13(18(25)22-19-15(12-21)9-11-28-19)27-20(26)14-5-7-16(8-6-14)23-10-3-2-4-17(23)24/h5-9,11,13H,2-4,10H2,1H3,(H,22,25)/t13-/m0/s1. The molecule has 28 heavy (non-hydrogen) atoms. The molecule has 0 radical (unpaired) electrons. The maximum Gasteiger partial charge on any atom is 0.338 e. The molecule has 0 unspecified atom stereocenters. The summed E-state index contributed by atoms with van der Waals surface area (Å²) in [5.74, 6) is -1.06. The normalized spacial score (nSPS) is 14.9. The van der Waals surface area contributed by atoms with Gasteiger partial charge in [-0.05, 0) is 55.5 Å². The Morgan fingerprint density at radius 3 is 2.68 bits per heavy atom. The topological polar surface area (TPSA) is 99.5 Å². The number of carbonyl (C=O) groups excluding carboxylic acids is 3. The van der Waals surface area contributed by atoms with Crippen molar-refractivity contribution in [2.45, 2.75) is 32.3 Å². The second-order valence-electron chi connectivity index (χ2n) is 6.36. The van der Waals surface area contributed by atoms with Crippen LogP contribution >= 0.6 is 11.3 Å². The number of esters is 1. The highest BCUT2D eigenvalue weighted by molar-refractivity contribution is 7.14.